The Balaban J connectivity index is 2.34. The van der Waals surface area contributed by atoms with Gasteiger partial charge in [0, 0.05) is 18.5 Å². The minimum absolute atomic E-state index is 0.0427. The maximum Gasteiger partial charge on any atom is 0.320 e. The molecule has 0 saturated heterocycles. The quantitative estimate of drug-likeness (QED) is 0.577. The van der Waals surface area contributed by atoms with Gasteiger partial charge in [0.1, 0.15) is 11.8 Å². The second-order valence-electron chi connectivity index (χ2n) is 3.89. The fourth-order valence-electron chi connectivity index (χ4n) is 1.35. The number of carboxylic acid groups (broad SMARTS) is 1. The fourth-order valence-corrected chi connectivity index (χ4v) is 1.35. The Morgan fingerprint density at radius 3 is 2.61 bits per heavy atom. The average molecular weight is 252 g/mol. The topological polar surface area (TPSA) is 113 Å². The SMILES string of the molecule is NC(CCC(=O)NCc1ccccc1O)C(=O)O. The molecule has 0 spiro atoms. The van der Waals surface area contributed by atoms with Crippen LogP contribution >= 0.6 is 0 Å². The second kappa shape index (κ2) is 6.61. The van der Waals surface area contributed by atoms with Gasteiger partial charge in [0.25, 0.3) is 0 Å². The van der Waals surface area contributed by atoms with Crippen LogP contribution in [0.15, 0.2) is 24.3 Å². The molecule has 6 heteroatoms. The molecule has 0 aliphatic rings. The fraction of sp³-hybridized carbons (Fsp3) is 0.333. The minimum atomic E-state index is -1.12. The van der Waals surface area contributed by atoms with Crippen molar-refractivity contribution in [1.82, 2.24) is 5.32 Å². The van der Waals surface area contributed by atoms with Gasteiger partial charge in [-0.3, -0.25) is 9.59 Å². The molecule has 98 valence electrons. The van der Waals surface area contributed by atoms with Crippen LogP contribution < -0.4 is 11.1 Å². The minimum Gasteiger partial charge on any atom is -0.508 e. The van der Waals surface area contributed by atoms with Crippen molar-refractivity contribution in [3.05, 3.63) is 29.8 Å². The number of phenols is 1. The number of rotatable bonds is 6. The third-order valence-electron chi connectivity index (χ3n) is 2.47. The van der Waals surface area contributed by atoms with Crippen LogP contribution in [0.5, 0.6) is 5.75 Å². The number of nitrogens with two attached hydrogens (primary N) is 1. The van der Waals surface area contributed by atoms with Crippen molar-refractivity contribution in [3.8, 4) is 5.75 Å². The number of carbonyl (C=O) groups excluding carboxylic acids is 1. The number of hydrogen-bond donors (Lipinski definition) is 4. The molecule has 1 amide bonds. The van der Waals surface area contributed by atoms with Gasteiger partial charge in [-0.25, -0.2) is 0 Å². The van der Waals surface area contributed by atoms with E-state index in [9.17, 15) is 14.7 Å². The number of hydrogen-bond acceptors (Lipinski definition) is 4. The van der Waals surface area contributed by atoms with Gasteiger partial charge in [-0.15, -0.1) is 0 Å². The van der Waals surface area contributed by atoms with Crippen LogP contribution in [0.1, 0.15) is 18.4 Å². The lowest BCUT2D eigenvalue weighted by atomic mass is 10.1. The van der Waals surface area contributed by atoms with Crippen LogP contribution in [-0.2, 0) is 16.1 Å². The van der Waals surface area contributed by atoms with Crippen LogP contribution in [0.3, 0.4) is 0 Å². The predicted octanol–water partition coefficient (Wildman–Crippen LogP) is 0.200. The van der Waals surface area contributed by atoms with Crippen LogP contribution in [0.2, 0.25) is 0 Å². The Kier molecular flexibility index (Phi) is 5.13. The average Bonchev–Trinajstić information content (AvgIpc) is 2.34. The summed E-state index contributed by atoms with van der Waals surface area (Å²) in [4.78, 5) is 21.9. The molecule has 1 rings (SSSR count). The maximum atomic E-state index is 11.4. The molecule has 18 heavy (non-hydrogen) atoms. The number of benzene rings is 1. The standard InChI is InChI=1S/C12H16N2O4/c13-9(12(17)18)5-6-11(16)14-7-8-3-1-2-4-10(8)15/h1-4,9,15H,5-7,13H2,(H,14,16)(H,17,18). The van der Waals surface area contributed by atoms with Gasteiger partial charge in [0.05, 0.1) is 0 Å². The van der Waals surface area contributed by atoms with Gasteiger partial charge in [-0.05, 0) is 12.5 Å². The van der Waals surface area contributed by atoms with Crippen LogP contribution in [0.25, 0.3) is 0 Å². The van der Waals surface area contributed by atoms with E-state index >= 15 is 0 Å². The summed E-state index contributed by atoms with van der Waals surface area (Å²) in [5.41, 5.74) is 5.88. The molecule has 1 unspecified atom stereocenters. The van der Waals surface area contributed by atoms with Crippen molar-refractivity contribution in [2.24, 2.45) is 5.73 Å². The monoisotopic (exact) mass is 252 g/mol. The number of nitrogens with one attached hydrogen (secondary N) is 1. The van der Waals surface area contributed by atoms with Gasteiger partial charge in [0.15, 0.2) is 0 Å². The summed E-state index contributed by atoms with van der Waals surface area (Å²) in [6, 6.07) is 5.63. The van der Waals surface area contributed by atoms with Gasteiger partial charge < -0.3 is 21.3 Å². The van der Waals surface area contributed by atoms with E-state index in [0.717, 1.165) is 0 Å². The van der Waals surface area contributed by atoms with Crippen molar-refractivity contribution in [1.29, 1.82) is 0 Å². The Bertz CT molecular complexity index is 434. The molecule has 0 bridgehead atoms. The van der Waals surface area contributed by atoms with E-state index in [-0.39, 0.29) is 31.0 Å². The molecule has 0 aliphatic carbocycles. The molecule has 0 aliphatic heterocycles. The van der Waals surface area contributed by atoms with Crippen molar-refractivity contribution in [3.63, 3.8) is 0 Å². The van der Waals surface area contributed by atoms with Gasteiger partial charge in [-0.1, -0.05) is 18.2 Å². The van der Waals surface area contributed by atoms with E-state index in [1.807, 2.05) is 0 Å². The van der Waals surface area contributed by atoms with Gasteiger partial charge in [-0.2, -0.15) is 0 Å². The summed E-state index contributed by atoms with van der Waals surface area (Å²) >= 11 is 0. The maximum absolute atomic E-state index is 11.4. The number of carboxylic acids is 1. The molecule has 5 N–H and O–H groups in total. The third kappa shape index (κ3) is 4.42. The molecule has 1 aromatic rings. The van der Waals surface area contributed by atoms with Crippen molar-refractivity contribution >= 4 is 11.9 Å². The molecular formula is C12H16N2O4. The lowest BCUT2D eigenvalue weighted by Crippen LogP contribution is -2.32. The number of para-hydroxylation sites is 1. The third-order valence-corrected chi connectivity index (χ3v) is 2.47. The first-order valence-corrected chi connectivity index (χ1v) is 5.52. The van der Waals surface area contributed by atoms with Gasteiger partial charge >= 0.3 is 5.97 Å². The molecule has 1 aromatic carbocycles. The van der Waals surface area contributed by atoms with E-state index in [1.165, 1.54) is 6.07 Å². The summed E-state index contributed by atoms with van der Waals surface area (Å²) < 4.78 is 0. The van der Waals surface area contributed by atoms with E-state index in [4.69, 9.17) is 10.8 Å². The Labute approximate surface area is 104 Å². The highest BCUT2D eigenvalue weighted by atomic mass is 16.4. The summed E-state index contributed by atoms with van der Waals surface area (Å²) in [5.74, 6) is -1.31. The summed E-state index contributed by atoms with van der Waals surface area (Å²) in [6.45, 7) is 0.202. The Hall–Kier alpha value is -2.08. The molecule has 0 radical (unpaired) electrons. The van der Waals surface area contributed by atoms with Crippen LogP contribution in [-0.4, -0.2) is 28.1 Å². The highest BCUT2D eigenvalue weighted by Gasteiger charge is 2.13. The van der Waals surface area contributed by atoms with Crippen LogP contribution in [0, 0.1) is 0 Å². The van der Waals surface area contributed by atoms with Crippen LogP contribution in [0.4, 0.5) is 0 Å². The normalized spacial score (nSPS) is 11.8. The zero-order valence-corrected chi connectivity index (χ0v) is 9.80. The highest BCUT2D eigenvalue weighted by molar-refractivity contribution is 5.78. The van der Waals surface area contributed by atoms with E-state index in [0.29, 0.717) is 5.56 Å². The summed E-state index contributed by atoms with van der Waals surface area (Å²) in [6.07, 6.45) is 0.128. The smallest absolute Gasteiger partial charge is 0.320 e. The zero-order chi connectivity index (χ0) is 13.5. The predicted molar refractivity (Wildman–Crippen MR) is 64.8 cm³/mol. The number of amides is 1. The number of aliphatic carboxylic acids is 1. The number of phenolic OH excluding ortho intramolecular Hbond substituents is 1. The largest absolute Gasteiger partial charge is 0.508 e. The second-order valence-corrected chi connectivity index (χ2v) is 3.89. The number of aromatic hydroxyl groups is 1. The lowest BCUT2D eigenvalue weighted by Gasteiger charge is -2.08. The van der Waals surface area contributed by atoms with Crippen molar-refractivity contribution in [2.75, 3.05) is 0 Å². The van der Waals surface area contributed by atoms with Gasteiger partial charge in [0.2, 0.25) is 5.91 Å². The van der Waals surface area contributed by atoms with E-state index in [2.05, 4.69) is 5.32 Å². The summed E-state index contributed by atoms with van der Waals surface area (Å²) in [7, 11) is 0. The molecular weight excluding hydrogens is 236 g/mol. The molecule has 6 nitrogen and oxygen atoms in total. The van der Waals surface area contributed by atoms with E-state index in [1.54, 1.807) is 18.2 Å². The molecule has 0 heterocycles. The lowest BCUT2D eigenvalue weighted by molar-refractivity contribution is -0.138. The Morgan fingerprint density at radius 1 is 1.33 bits per heavy atom. The molecule has 0 fully saturated rings. The number of carbonyl (C=O) groups is 2. The van der Waals surface area contributed by atoms with Crippen molar-refractivity contribution < 1.29 is 19.8 Å². The summed E-state index contributed by atoms with van der Waals surface area (Å²) in [5, 5.41) is 20.6. The first-order valence-electron chi connectivity index (χ1n) is 5.52. The molecule has 0 saturated carbocycles. The first-order chi connectivity index (χ1) is 8.50. The zero-order valence-electron chi connectivity index (χ0n) is 9.80. The first kappa shape index (κ1) is 14.0. The molecule has 0 aromatic heterocycles. The van der Waals surface area contributed by atoms with Crippen molar-refractivity contribution in [2.45, 2.75) is 25.4 Å². The Morgan fingerprint density at radius 2 is 2.00 bits per heavy atom. The molecule has 1 atom stereocenters. The van der Waals surface area contributed by atoms with E-state index < -0.39 is 12.0 Å². The highest BCUT2D eigenvalue weighted by Crippen LogP contribution is 2.14.